The topological polar surface area (TPSA) is 86.9 Å². The molecular weight excluding hydrogens is 258 g/mol. The van der Waals surface area contributed by atoms with Crippen LogP contribution in [0.15, 0.2) is 18.2 Å². The third-order valence-corrected chi connectivity index (χ3v) is 3.94. The van der Waals surface area contributed by atoms with Crippen LogP contribution in [0.5, 0.6) is 0 Å². The minimum absolute atomic E-state index is 0.00831. The van der Waals surface area contributed by atoms with Gasteiger partial charge in [-0.3, -0.25) is 0 Å². The zero-order valence-electron chi connectivity index (χ0n) is 11.1. The third-order valence-electron chi connectivity index (χ3n) is 3.94. The molecule has 1 saturated heterocycles. The number of carboxylic acids is 1. The van der Waals surface area contributed by atoms with E-state index >= 15 is 0 Å². The van der Waals surface area contributed by atoms with Gasteiger partial charge in [-0.15, -0.1) is 0 Å². The Labute approximate surface area is 116 Å². The van der Waals surface area contributed by atoms with E-state index in [2.05, 4.69) is 0 Å². The molecule has 2 aliphatic heterocycles. The number of hydrogen-bond donors (Lipinski definition) is 2. The summed E-state index contributed by atoms with van der Waals surface area (Å²) in [6.45, 7) is 2.32. The minimum atomic E-state index is -0.942. The van der Waals surface area contributed by atoms with Crippen molar-refractivity contribution < 1.29 is 14.7 Å². The van der Waals surface area contributed by atoms with E-state index in [-0.39, 0.29) is 17.6 Å². The Morgan fingerprint density at radius 2 is 1.95 bits per heavy atom. The maximum absolute atomic E-state index is 12.4. The molecule has 0 aliphatic carbocycles. The lowest BCUT2D eigenvalue weighted by molar-refractivity contribution is 0.0696. The van der Waals surface area contributed by atoms with Gasteiger partial charge in [-0.05, 0) is 29.7 Å². The average Bonchev–Trinajstić information content (AvgIpc) is 3.02. The Bertz CT molecular complexity index is 573. The molecule has 2 amide bonds. The maximum atomic E-state index is 12.4. The third kappa shape index (κ3) is 2.22. The molecule has 0 bridgehead atoms. The van der Waals surface area contributed by atoms with Crippen LogP contribution in [0.1, 0.15) is 27.9 Å². The van der Waals surface area contributed by atoms with Gasteiger partial charge < -0.3 is 20.6 Å². The van der Waals surface area contributed by atoms with Crippen LogP contribution in [0.25, 0.3) is 0 Å². The molecule has 1 unspecified atom stereocenters. The first kappa shape index (κ1) is 12.9. The van der Waals surface area contributed by atoms with Crippen LogP contribution in [0, 0.1) is 0 Å². The summed E-state index contributed by atoms with van der Waals surface area (Å²) in [7, 11) is 0. The maximum Gasteiger partial charge on any atom is 0.335 e. The second-order valence-corrected chi connectivity index (χ2v) is 5.42. The van der Waals surface area contributed by atoms with Crippen molar-refractivity contribution in [2.45, 2.75) is 25.6 Å². The molecule has 1 aromatic rings. The van der Waals surface area contributed by atoms with Gasteiger partial charge in [0.15, 0.2) is 0 Å². The Kier molecular flexibility index (Phi) is 3.10. The number of benzene rings is 1. The first-order valence-electron chi connectivity index (χ1n) is 6.69. The van der Waals surface area contributed by atoms with Crippen LogP contribution in [-0.4, -0.2) is 46.0 Å². The number of carbonyl (C=O) groups excluding carboxylic acids is 1. The summed E-state index contributed by atoms with van der Waals surface area (Å²) >= 11 is 0. The van der Waals surface area contributed by atoms with Crippen molar-refractivity contribution in [2.24, 2.45) is 5.73 Å². The van der Waals surface area contributed by atoms with Crippen LogP contribution >= 0.6 is 0 Å². The van der Waals surface area contributed by atoms with Crippen molar-refractivity contribution in [1.82, 2.24) is 9.80 Å². The standard InChI is InChI=1S/C14H17N3O3/c15-12-3-4-16(8-12)14(20)17-6-10-2-1-9(13(18)19)5-11(10)7-17/h1-2,5,12H,3-4,6-8,15H2,(H,18,19). The second-order valence-electron chi connectivity index (χ2n) is 5.42. The zero-order valence-corrected chi connectivity index (χ0v) is 11.1. The smallest absolute Gasteiger partial charge is 0.335 e. The molecule has 6 heteroatoms. The van der Waals surface area contributed by atoms with Gasteiger partial charge in [0.2, 0.25) is 0 Å². The van der Waals surface area contributed by atoms with E-state index in [1.54, 1.807) is 28.0 Å². The number of amides is 2. The van der Waals surface area contributed by atoms with E-state index < -0.39 is 5.97 Å². The first-order chi connectivity index (χ1) is 9.54. The van der Waals surface area contributed by atoms with Crippen LogP contribution in [-0.2, 0) is 13.1 Å². The van der Waals surface area contributed by atoms with Gasteiger partial charge in [0.25, 0.3) is 0 Å². The number of hydrogen-bond acceptors (Lipinski definition) is 3. The highest BCUT2D eigenvalue weighted by Crippen LogP contribution is 2.25. The molecule has 1 aromatic carbocycles. The van der Waals surface area contributed by atoms with E-state index in [0.29, 0.717) is 26.2 Å². The Morgan fingerprint density at radius 3 is 2.60 bits per heavy atom. The Hall–Kier alpha value is -2.08. The predicted molar refractivity (Wildman–Crippen MR) is 72.2 cm³/mol. The van der Waals surface area contributed by atoms with Crippen molar-refractivity contribution in [3.63, 3.8) is 0 Å². The number of nitrogens with zero attached hydrogens (tertiary/aromatic N) is 2. The molecule has 3 rings (SSSR count). The van der Waals surface area contributed by atoms with Crippen molar-refractivity contribution in [3.05, 3.63) is 34.9 Å². The molecule has 3 N–H and O–H groups in total. The molecule has 0 radical (unpaired) electrons. The molecule has 6 nitrogen and oxygen atoms in total. The highest BCUT2D eigenvalue weighted by molar-refractivity contribution is 5.88. The number of fused-ring (bicyclic) bond motifs is 1. The number of rotatable bonds is 1. The molecule has 106 valence electrons. The van der Waals surface area contributed by atoms with Gasteiger partial charge >= 0.3 is 12.0 Å². The summed E-state index contributed by atoms with van der Waals surface area (Å²) in [5.74, 6) is -0.942. The summed E-state index contributed by atoms with van der Waals surface area (Å²) in [4.78, 5) is 26.8. The number of likely N-dealkylation sites (tertiary alicyclic amines) is 1. The van der Waals surface area contributed by atoms with Crippen LogP contribution < -0.4 is 5.73 Å². The fraction of sp³-hybridized carbons (Fsp3) is 0.429. The Morgan fingerprint density at radius 1 is 1.20 bits per heavy atom. The fourth-order valence-electron chi connectivity index (χ4n) is 2.82. The zero-order chi connectivity index (χ0) is 14.3. The number of carbonyl (C=O) groups is 2. The average molecular weight is 275 g/mol. The Balaban J connectivity index is 1.73. The molecule has 0 spiro atoms. The summed E-state index contributed by atoms with van der Waals surface area (Å²) < 4.78 is 0. The van der Waals surface area contributed by atoms with E-state index in [4.69, 9.17) is 10.8 Å². The quantitative estimate of drug-likeness (QED) is 0.795. The molecule has 0 saturated carbocycles. The molecule has 1 fully saturated rings. The molecule has 20 heavy (non-hydrogen) atoms. The summed E-state index contributed by atoms with van der Waals surface area (Å²) in [6, 6.07) is 5.09. The molecular formula is C14H17N3O3. The minimum Gasteiger partial charge on any atom is -0.478 e. The van der Waals surface area contributed by atoms with Crippen LogP contribution in [0.3, 0.4) is 0 Å². The number of carboxylic acid groups (broad SMARTS) is 1. The van der Waals surface area contributed by atoms with E-state index in [1.165, 1.54) is 0 Å². The second kappa shape index (κ2) is 4.79. The predicted octanol–water partition coefficient (Wildman–Crippen LogP) is 0.853. The van der Waals surface area contributed by atoms with Crippen molar-refractivity contribution in [3.8, 4) is 0 Å². The lowest BCUT2D eigenvalue weighted by atomic mass is 10.1. The normalized spacial score (nSPS) is 21.1. The summed E-state index contributed by atoms with van der Waals surface area (Å²) in [6.07, 6.45) is 0.843. The lowest BCUT2D eigenvalue weighted by Gasteiger charge is -2.23. The van der Waals surface area contributed by atoms with E-state index in [0.717, 1.165) is 17.5 Å². The van der Waals surface area contributed by atoms with Crippen molar-refractivity contribution in [2.75, 3.05) is 13.1 Å². The van der Waals surface area contributed by atoms with Gasteiger partial charge in [0.1, 0.15) is 0 Å². The molecule has 1 atom stereocenters. The van der Waals surface area contributed by atoms with Crippen LogP contribution in [0.2, 0.25) is 0 Å². The fourth-order valence-corrected chi connectivity index (χ4v) is 2.82. The van der Waals surface area contributed by atoms with Gasteiger partial charge in [0, 0.05) is 32.2 Å². The SMILES string of the molecule is NC1CCN(C(=O)N2Cc3ccc(C(=O)O)cc3C2)C1. The summed E-state index contributed by atoms with van der Waals surface area (Å²) in [5, 5.41) is 8.99. The largest absolute Gasteiger partial charge is 0.478 e. The van der Waals surface area contributed by atoms with Crippen molar-refractivity contribution >= 4 is 12.0 Å². The van der Waals surface area contributed by atoms with Crippen LogP contribution in [0.4, 0.5) is 4.79 Å². The number of nitrogens with two attached hydrogens (primary N) is 1. The van der Waals surface area contributed by atoms with Gasteiger partial charge in [-0.1, -0.05) is 6.07 Å². The number of aromatic carboxylic acids is 1. The molecule has 2 aliphatic rings. The first-order valence-corrected chi connectivity index (χ1v) is 6.69. The summed E-state index contributed by atoms with van der Waals surface area (Å²) in [5.41, 5.74) is 8.02. The van der Waals surface area contributed by atoms with Crippen molar-refractivity contribution in [1.29, 1.82) is 0 Å². The van der Waals surface area contributed by atoms with E-state index in [1.807, 2.05) is 0 Å². The monoisotopic (exact) mass is 275 g/mol. The number of urea groups is 1. The van der Waals surface area contributed by atoms with Gasteiger partial charge in [0.05, 0.1) is 5.56 Å². The molecule has 0 aromatic heterocycles. The van der Waals surface area contributed by atoms with Gasteiger partial charge in [-0.2, -0.15) is 0 Å². The van der Waals surface area contributed by atoms with Gasteiger partial charge in [-0.25, -0.2) is 9.59 Å². The highest BCUT2D eigenvalue weighted by Gasteiger charge is 2.31. The molecule has 2 heterocycles. The lowest BCUT2D eigenvalue weighted by Crippen LogP contribution is -2.40. The highest BCUT2D eigenvalue weighted by atomic mass is 16.4. The van der Waals surface area contributed by atoms with E-state index in [9.17, 15) is 9.59 Å².